The van der Waals surface area contributed by atoms with Crippen LogP contribution in [0.4, 0.5) is 0 Å². The second-order valence-electron chi connectivity index (χ2n) is 8.05. The molecule has 27 heavy (non-hydrogen) atoms. The highest BCUT2D eigenvalue weighted by molar-refractivity contribution is 14.0. The van der Waals surface area contributed by atoms with Gasteiger partial charge in [0.2, 0.25) is 0 Å². The summed E-state index contributed by atoms with van der Waals surface area (Å²) in [5, 5.41) is 6.96. The van der Waals surface area contributed by atoms with E-state index in [0.29, 0.717) is 0 Å². The average molecular weight is 484 g/mol. The number of ether oxygens (including phenoxy) is 1. The molecular weight excluding hydrogens is 451 g/mol. The number of likely N-dealkylation sites (tertiary alicyclic amines) is 1. The van der Waals surface area contributed by atoms with Crippen molar-refractivity contribution in [3.05, 3.63) is 29.8 Å². The average Bonchev–Trinajstić information content (AvgIpc) is 3.60. The number of guanidine groups is 1. The van der Waals surface area contributed by atoms with Gasteiger partial charge in [-0.2, -0.15) is 0 Å². The summed E-state index contributed by atoms with van der Waals surface area (Å²) in [7, 11) is 1.84. The summed E-state index contributed by atoms with van der Waals surface area (Å²) in [6, 6.07) is 9.21. The zero-order valence-electron chi connectivity index (χ0n) is 16.3. The summed E-state index contributed by atoms with van der Waals surface area (Å²) in [6.07, 6.45) is 6.75. The molecule has 1 unspecified atom stereocenters. The van der Waals surface area contributed by atoms with Crippen LogP contribution in [-0.4, -0.2) is 50.2 Å². The molecule has 1 aliphatic heterocycles. The maximum Gasteiger partial charge on any atom is 0.191 e. The van der Waals surface area contributed by atoms with Gasteiger partial charge in [0.25, 0.3) is 0 Å². The maximum absolute atomic E-state index is 6.00. The summed E-state index contributed by atoms with van der Waals surface area (Å²) < 4.78 is 6.00. The first-order chi connectivity index (χ1) is 12.8. The van der Waals surface area contributed by atoms with Gasteiger partial charge in [0.1, 0.15) is 5.75 Å². The van der Waals surface area contributed by atoms with E-state index in [0.717, 1.165) is 49.3 Å². The number of nitrogens with zero attached hydrogens (tertiary/aromatic N) is 2. The topological polar surface area (TPSA) is 48.9 Å². The molecule has 3 fully saturated rings. The lowest BCUT2D eigenvalue weighted by atomic mass is 10.1. The van der Waals surface area contributed by atoms with E-state index in [1.807, 2.05) is 13.1 Å². The van der Waals surface area contributed by atoms with Gasteiger partial charge >= 0.3 is 0 Å². The van der Waals surface area contributed by atoms with Crippen LogP contribution in [0.15, 0.2) is 29.3 Å². The molecule has 0 radical (unpaired) electrons. The fourth-order valence-electron chi connectivity index (χ4n) is 3.72. The third-order valence-electron chi connectivity index (χ3n) is 5.75. The maximum atomic E-state index is 6.00. The number of aliphatic imine (C=N–C) groups is 1. The van der Waals surface area contributed by atoms with Gasteiger partial charge in [-0.05, 0) is 56.6 Å². The Morgan fingerprint density at radius 2 is 1.93 bits per heavy atom. The number of hydrogen-bond donors (Lipinski definition) is 2. The van der Waals surface area contributed by atoms with Gasteiger partial charge in [-0.25, -0.2) is 0 Å². The van der Waals surface area contributed by atoms with Crippen LogP contribution in [0.5, 0.6) is 5.75 Å². The van der Waals surface area contributed by atoms with Gasteiger partial charge in [-0.1, -0.05) is 18.2 Å². The molecule has 1 aromatic rings. The lowest BCUT2D eigenvalue weighted by molar-refractivity contribution is 0.296. The molecule has 2 saturated carbocycles. The zero-order chi connectivity index (χ0) is 17.8. The molecule has 3 aliphatic rings. The highest BCUT2D eigenvalue weighted by Crippen LogP contribution is 2.31. The number of halogens is 1. The van der Waals surface area contributed by atoms with Crippen molar-refractivity contribution in [2.24, 2.45) is 16.8 Å². The molecule has 1 atom stereocenters. The predicted octanol–water partition coefficient (Wildman–Crippen LogP) is 3.24. The monoisotopic (exact) mass is 484 g/mol. The Morgan fingerprint density at radius 1 is 1.11 bits per heavy atom. The van der Waals surface area contributed by atoms with Crippen LogP contribution < -0.4 is 15.4 Å². The summed E-state index contributed by atoms with van der Waals surface area (Å²) >= 11 is 0. The Labute approximate surface area is 180 Å². The molecule has 0 spiro atoms. The van der Waals surface area contributed by atoms with Crippen LogP contribution in [0.25, 0.3) is 0 Å². The van der Waals surface area contributed by atoms with E-state index in [4.69, 9.17) is 4.74 Å². The van der Waals surface area contributed by atoms with E-state index in [9.17, 15) is 0 Å². The molecule has 4 rings (SSSR count). The molecule has 0 bridgehead atoms. The van der Waals surface area contributed by atoms with Crippen LogP contribution >= 0.6 is 24.0 Å². The van der Waals surface area contributed by atoms with E-state index in [2.05, 4.69) is 38.7 Å². The smallest absolute Gasteiger partial charge is 0.191 e. The lowest BCUT2D eigenvalue weighted by Gasteiger charge is -2.18. The fraction of sp³-hybridized carbons (Fsp3) is 0.667. The molecule has 2 N–H and O–H groups in total. The van der Waals surface area contributed by atoms with Crippen LogP contribution in [0.1, 0.15) is 37.7 Å². The molecule has 1 saturated heterocycles. The third kappa shape index (κ3) is 6.24. The summed E-state index contributed by atoms with van der Waals surface area (Å²) in [4.78, 5) is 7.05. The van der Waals surface area contributed by atoms with Gasteiger partial charge < -0.3 is 20.3 Å². The van der Waals surface area contributed by atoms with Gasteiger partial charge in [0, 0.05) is 38.3 Å². The van der Waals surface area contributed by atoms with Gasteiger partial charge in [-0.3, -0.25) is 4.99 Å². The molecule has 2 aliphatic carbocycles. The van der Waals surface area contributed by atoms with Crippen molar-refractivity contribution in [2.45, 2.75) is 44.7 Å². The molecule has 0 aromatic heterocycles. The molecular formula is C21H33IN4O. The van der Waals surface area contributed by atoms with Crippen molar-refractivity contribution >= 4 is 29.9 Å². The summed E-state index contributed by atoms with van der Waals surface area (Å²) in [6.45, 7) is 5.10. The van der Waals surface area contributed by atoms with Crippen molar-refractivity contribution < 1.29 is 4.74 Å². The fourth-order valence-corrected chi connectivity index (χ4v) is 3.72. The van der Waals surface area contributed by atoms with Gasteiger partial charge in [-0.15, -0.1) is 24.0 Å². The molecule has 1 aromatic carbocycles. The standard InChI is InChI=1S/C21H32N4O.HI/c1-22-21(23-12-17-10-11-25(14-17)19-8-9-19)24-13-18-4-2-3-5-20(18)26-15-16-6-7-16;/h2-5,16-17,19H,6-15H2,1H3,(H2,22,23,24);1H. The van der Waals surface area contributed by atoms with E-state index in [1.165, 1.54) is 50.8 Å². The van der Waals surface area contributed by atoms with E-state index in [-0.39, 0.29) is 24.0 Å². The Balaban J connectivity index is 0.00000210. The van der Waals surface area contributed by atoms with Crippen LogP contribution in [0.3, 0.4) is 0 Å². The Hall–Kier alpha value is -1.02. The highest BCUT2D eigenvalue weighted by atomic mass is 127. The van der Waals surface area contributed by atoms with Crippen LogP contribution in [-0.2, 0) is 6.54 Å². The van der Waals surface area contributed by atoms with Gasteiger partial charge in [0.15, 0.2) is 5.96 Å². The third-order valence-corrected chi connectivity index (χ3v) is 5.75. The summed E-state index contributed by atoms with van der Waals surface area (Å²) in [5.74, 6) is 3.39. The van der Waals surface area contributed by atoms with E-state index < -0.39 is 0 Å². The number of hydrogen-bond acceptors (Lipinski definition) is 3. The van der Waals surface area contributed by atoms with Crippen molar-refractivity contribution in [1.29, 1.82) is 0 Å². The zero-order valence-corrected chi connectivity index (χ0v) is 18.7. The molecule has 150 valence electrons. The minimum absolute atomic E-state index is 0. The number of nitrogens with one attached hydrogen (secondary N) is 2. The predicted molar refractivity (Wildman–Crippen MR) is 121 cm³/mol. The Bertz CT molecular complexity index is 630. The quantitative estimate of drug-likeness (QED) is 0.338. The first kappa shape index (κ1) is 20.7. The molecule has 5 nitrogen and oxygen atoms in total. The highest BCUT2D eigenvalue weighted by Gasteiger charge is 2.34. The molecule has 1 heterocycles. The largest absolute Gasteiger partial charge is 0.493 e. The second-order valence-corrected chi connectivity index (χ2v) is 8.05. The summed E-state index contributed by atoms with van der Waals surface area (Å²) in [5.41, 5.74) is 1.19. The van der Waals surface area contributed by atoms with Crippen molar-refractivity contribution in [3.8, 4) is 5.75 Å². The molecule has 6 heteroatoms. The lowest BCUT2D eigenvalue weighted by Crippen LogP contribution is -2.40. The number of benzene rings is 1. The number of rotatable bonds is 8. The number of para-hydroxylation sites is 1. The van der Waals surface area contributed by atoms with Crippen LogP contribution in [0, 0.1) is 11.8 Å². The Morgan fingerprint density at radius 3 is 2.67 bits per heavy atom. The second kappa shape index (κ2) is 9.96. The van der Waals surface area contributed by atoms with E-state index in [1.54, 1.807) is 0 Å². The first-order valence-corrected chi connectivity index (χ1v) is 10.2. The van der Waals surface area contributed by atoms with E-state index >= 15 is 0 Å². The van der Waals surface area contributed by atoms with Crippen molar-refractivity contribution in [1.82, 2.24) is 15.5 Å². The SMILES string of the molecule is CN=C(NCc1ccccc1OCC1CC1)NCC1CCN(C2CC2)C1.I. The normalized spacial score (nSPS) is 23.0. The van der Waals surface area contributed by atoms with Crippen molar-refractivity contribution in [2.75, 3.05) is 33.3 Å². The molecule has 0 amide bonds. The van der Waals surface area contributed by atoms with Crippen molar-refractivity contribution in [3.63, 3.8) is 0 Å². The minimum Gasteiger partial charge on any atom is -0.493 e. The first-order valence-electron chi connectivity index (χ1n) is 10.2. The van der Waals surface area contributed by atoms with Gasteiger partial charge in [0.05, 0.1) is 6.61 Å². The minimum atomic E-state index is 0. The Kier molecular flexibility index (Phi) is 7.64. The van der Waals surface area contributed by atoms with Crippen LogP contribution in [0.2, 0.25) is 0 Å².